The number of nitrogen functional groups attached to an aromatic ring is 1. The molecule has 1 aliphatic heterocycles. The number of amides is 3. The number of benzene rings is 2. The van der Waals surface area contributed by atoms with Gasteiger partial charge >= 0.3 is 0 Å². The van der Waals surface area contributed by atoms with E-state index in [1.807, 2.05) is 6.92 Å². The maximum absolute atomic E-state index is 15.0. The molecule has 3 heterocycles. The van der Waals surface area contributed by atoms with Crippen molar-refractivity contribution in [1.82, 2.24) is 25.7 Å². The molecule has 3 amide bonds. The van der Waals surface area contributed by atoms with Crippen molar-refractivity contribution in [1.29, 1.82) is 5.41 Å². The van der Waals surface area contributed by atoms with E-state index in [-0.39, 0.29) is 46.6 Å². The quantitative estimate of drug-likeness (QED) is 0.159. The third-order valence-electron chi connectivity index (χ3n) is 9.21. The van der Waals surface area contributed by atoms with E-state index in [0.29, 0.717) is 36.3 Å². The van der Waals surface area contributed by atoms with Crippen molar-refractivity contribution < 1.29 is 27.7 Å². The van der Waals surface area contributed by atoms with Gasteiger partial charge in [-0.15, -0.1) is 11.3 Å². The summed E-state index contributed by atoms with van der Waals surface area (Å²) in [6.45, 7) is 1.43. The Kier molecular flexibility index (Phi) is 6.99. The highest BCUT2D eigenvalue weighted by molar-refractivity contribution is 7.10. The lowest BCUT2D eigenvalue weighted by molar-refractivity contribution is -0.139. The van der Waals surface area contributed by atoms with E-state index in [1.54, 1.807) is 29.6 Å². The number of carbonyl (C=O) groups is 3. The van der Waals surface area contributed by atoms with Gasteiger partial charge in [0, 0.05) is 50.4 Å². The summed E-state index contributed by atoms with van der Waals surface area (Å²) >= 11 is 1.37. The Morgan fingerprint density at radius 3 is 2.65 bits per heavy atom. The Bertz CT molecular complexity index is 1890. The Balaban J connectivity index is 1.07. The zero-order valence-electron chi connectivity index (χ0n) is 24.6. The number of rotatable bonds is 9. The average Bonchev–Trinajstić information content (AvgIpc) is 3.54. The van der Waals surface area contributed by atoms with Gasteiger partial charge in [-0.05, 0) is 49.1 Å². The highest BCUT2D eigenvalue weighted by atomic mass is 32.1. The van der Waals surface area contributed by atoms with E-state index < -0.39 is 35.2 Å². The summed E-state index contributed by atoms with van der Waals surface area (Å²) in [5, 5.41) is 18.7. The number of hydrogen-bond acceptors (Lipinski definition) is 8. The van der Waals surface area contributed by atoms with Crippen molar-refractivity contribution in [2.24, 2.45) is 11.1 Å². The first-order valence-corrected chi connectivity index (χ1v) is 15.6. The molecule has 0 radical (unpaired) electrons. The van der Waals surface area contributed by atoms with Crippen LogP contribution in [0.3, 0.4) is 0 Å². The largest absolute Gasteiger partial charge is 0.384 e. The van der Waals surface area contributed by atoms with Crippen LogP contribution in [0, 0.1) is 10.8 Å². The van der Waals surface area contributed by atoms with Crippen LogP contribution in [0.25, 0.3) is 11.1 Å². The summed E-state index contributed by atoms with van der Waals surface area (Å²) in [6, 6.07) is 10.4. The van der Waals surface area contributed by atoms with Gasteiger partial charge in [0.05, 0.1) is 12.6 Å². The van der Waals surface area contributed by atoms with Crippen LogP contribution in [0.5, 0.6) is 0 Å². The maximum atomic E-state index is 15.0. The third kappa shape index (κ3) is 4.92. The first-order valence-electron chi connectivity index (χ1n) is 14.7. The van der Waals surface area contributed by atoms with Crippen LogP contribution in [0.15, 0.2) is 64.8 Å². The van der Waals surface area contributed by atoms with Gasteiger partial charge in [-0.3, -0.25) is 19.8 Å². The number of fused-ring (bicyclic) bond motifs is 4. The van der Waals surface area contributed by atoms with Gasteiger partial charge in [0.2, 0.25) is 17.7 Å². The number of alkyl halides is 2. The Labute approximate surface area is 265 Å². The lowest BCUT2D eigenvalue weighted by Gasteiger charge is -2.28. The molecule has 1 unspecified atom stereocenters. The predicted octanol–water partition coefficient (Wildman–Crippen LogP) is 3.75. The number of halogens is 2. The molecule has 1 saturated carbocycles. The number of likely N-dealkylation sites (tertiary alicyclic amines) is 1. The molecule has 5 N–H and O–H groups in total. The number of hydrogen-bond donors (Lipinski definition) is 4. The minimum absolute atomic E-state index is 0.0682. The second kappa shape index (κ2) is 10.8. The Morgan fingerprint density at radius 1 is 1.13 bits per heavy atom. The number of piperidine rings is 1. The summed E-state index contributed by atoms with van der Waals surface area (Å²) < 4.78 is 35.2. The normalized spacial score (nSPS) is 22.4. The molecule has 1 saturated heterocycles. The molecule has 7 rings (SSSR count). The van der Waals surface area contributed by atoms with Crippen LogP contribution >= 0.6 is 11.3 Å². The first-order chi connectivity index (χ1) is 22.0. The van der Waals surface area contributed by atoms with Crippen molar-refractivity contribution >= 4 is 34.9 Å². The molecule has 2 aromatic carbocycles. The van der Waals surface area contributed by atoms with Gasteiger partial charge in [0.15, 0.2) is 6.33 Å². The van der Waals surface area contributed by atoms with Crippen molar-refractivity contribution in [3.8, 4) is 11.1 Å². The van der Waals surface area contributed by atoms with Crippen LogP contribution < -0.4 is 16.4 Å². The number of thiophene rings is 1. The lowest BCUT2D eigenvalue weighted by Crippen LogP contribution is -2.51. The van der Waals surface area contributed by atoms with Crippen LogP contribution in [-0.4, -0.2) is 57.2 Å². The number of aromatic nitrogens is 2. The Morgan fingerprint density at radius 2 is 1.91 bits per heavy atom. The maximum Gasteiger partial charge on any atom is 0.299 e. The zero-order chi connectivity index (χ0) is 32.4. The standard InChI is InChI=1S/C32H29F2N7O4S/c1-16(24-9-18(14-46-24)28(35)36)40-30(44)23-10-31(12-26-38-15-39-45-26)11-25(31)41(23)27(42)13-37-29(43)17-6-7-22-20(8-17)19-4-2-3-5-21(19)32(22,33)34/h2-9,14-16,23,25H,10-13H2,1H3,(H3,35,36)(H,37,43)(H,40,44)/t16?,23-,25-,31+/m0/s1. The van der Waals surface area contributed by atoms with Crippen LogP contribution in [-0.2, 0) is 21.9 Å². The summed E-state index contributed by atoms with van der Waals surface area (Å²) in [5.41, 5.74) is 6.23. The fourth-order valence-electron chi connectivity index (χ4n) is 6.81. The van der Waals surface area contributed by atoms with Crippen LogP contribution in [0.2, 0.25) is 0 Å². The van der Waals surface area contributed by atoms with Crippen molar-refractivity contribution in [2.75, 3.05) is 6.54 Å². The van der Waals surface area contributed by atoms with Gasteiger partial charge in [-0.2, -0.15) is 13.8 Å². The number of nitrogens with two attached hydrogens (primary N) is 1. The molecule has 4 atom stereocenters. The second-order valence-corrected chi connectivity index (χ2v) is 13.0. The SMILES string of the molecule is CC(NC(=O)[C@@H]1C[C@]2(Cc3ncno3)C[C@@H]2N1C(=O)CNC(=O)c1ccc2c(c1)-c1ccccc1C2(F)F)c1cc(C(=N)N)cs1. The van der Waals surface area contributed by atoms with Crippen molar-refractivity contribution in [3.05, 3.63) is 93.3 Å². The van der Waals surface area contributed by atoms with E-state index in [9.17, 15) is 23.2 Å². The molecule has 2 aromatic heterocycles. The van der Waals surface area contributed by atoms with Crippen LogP contribution in [0.1, 0.15) is 63.6 Å². The minimum atomic E-state index is -3.17. The molecule has 14 heteroatoms. The molecule has 4 aromatic rings. The number of nitrogens with zero attached hydrogens (tertiary/aromatic N) is 3. The van der Waals surface area contributed by atoms with Crippen molar-refractivity contribution in [3.63, 3.8) is 0 Å². The first kappa shape index (κ1) is 29.7. The summed E-state index contributed by atoms with van der Waals surface area (Å²) in [5.74, 6) is -4.20. The van der Waals surface area contributed by atoms with Gasteiger partial charge in [-0.1, -0.05) is 35.5 Å². The summed E-state index contributed by atoms with van der Waals surface area (Å²) in [7, 11) is 0. The molecule has 46 heavy (non-hydrogen) atoms. The van der Waals surface area contributed by atoms with E-state index >= 15 is 0 Å². The second-order valence-electron chi connectivity index (χ2n) is 12.1. The lowest BCUT2D eigenvalue weighted by atomic mass is 9.95. The molecule has 3 aliphatic rings. The molecule has 2 fully saturated rings. The zero-order valence-corrected chi connectivity index (χ0v) is 25.4. The van der Waals surface area contributed by atoms with Crippen LogP contribution in [0.4, 0.5) is 8.78 Å². The van der Waals surface area contributed by atoms with E-state index in [1.165, 1.54) is 46.8 Å². The minimum Gasteiger partial charge on any atom is -0.384 e. The van der Waals surface area contributed by atoms with Gasteiger partial charge in [-0.25, -0.2) is 0 Å². The fraction of sp³-hybridized carbons (Fsp3) is 0.312. The topological polar surface area (TPSA) is 167 Å². The van der Waals surface area contributed by atoms with Gasteiger partial charge < -0.3 is 25.8 Å². The summed E-state index contributed by atoms with van der Waals surface area (Å²) in [4.78, 5) is 47.0. The van der Waals surface area contributed by atoms with E-state index in [4.69, 9.17) is 15.7 Å². The monoisotopic (exact) mass is 645 g/mol. The van der Waals surface area contributed by atoms with E-state index in [0.717, 1.165) is 4.88 Å². The highest BCUT2D eigenvalue weighted by Crippen LogP contribution is 2.61. The third-order valence-corrected chi connectivity index (χ3v) is 10.3. The van der Waals surface area contributed by atoms with Gasteiger partial charge in [0.25, 0.3) is 11.8 Å². The van der Waals surface area contributed by atoms with Gasteiger partial charge in [0.1, 0.15) is 11.9 Å². The summed E-state index contributed by atoms with van der Waals surface area (Å²) in [6.07, 6.45) is 2.72. The number of amidine groups is 1. The molecular weight excluding hydrogens is 616 g/mol. The predicted molar refractivity (Wildman–Crippen MR) is 163 cm³/mol. The number of nitrogens with one attached hydrogen (secondary N) is 3. The number of carbonyl (C=O) groups excluding carboxylic acids is 3. The average molecular weight is 646 g/mol. The van der Waals surface area contributed by atoms with Crippen molar-refractivity contribution in [2.45, 2.75) is 50.2 Å². The molecule has 0 spiro atoms. The molecule has 236 valence electrons. The fourth-order valence-corrected chi connectivity index (χ4v) is 7.73. The molecule has 11 nitrogen and oxygen atoms in total. The molecule has 2 aliphatic carbocycles. The smallest absolute Gasteiger partial charge is 0.299 e. The molecular formula is C32H29F2N7O4S. The Hall–Kier alpha value is -4.98. The molecule has 0 bridgehead atoms. The van der Waals surface area contributed by atoms with E-state index in [2.05, 4.69) is 20.8 Å². The highest BCUT2D eigenvalue weighted by Gasteiger charge is 2.67.